The number of aliphatic hydroxyl groups is 1. The van der Waals surface area contributed by atoms with E-state index in [0.29, 0.717) is 0 Å². The van der Waals surface area contributed by atoms with Gasteiger partial charge in [-0.1, -0.05) is 6.42 Å². The number of aliphatic hydroxyl groups excluding tert-OH is 1. The molecule has 15 heavy (non-hydrogen) atoms. The van der Waals surface area contributed by atoms with Gasteiger partial charge >= 0.3 is 0 Å². The van der Waals surface area contributed by atoms with Crippen LogP contribution in [0.15, 0.2) is 12.4 Å². The van der Waals surface area contributed by atoms with Gasteiger partial charge in [0.05, 0.1) is 12.6 Å². The fraction of sp³-hybridized carbons (Fsp3) is 0.636. The van der Waals surface area contributed by atoms with Gasteiger partial charge < -0.3 is 9.67 Å². The van der Waals surface area contributed by atoms with E-state index in [1.165, 1.54) is 4.57 Å². The maximum Gasteiger partial charge on any atom is 0.256 e. The Kier molecular flexibility index (Phi) is 3.05. The largest absolute Gasteiger partial charge is 0.388 e. The van der Waals surface area contributed by atoms with Crippen molar-refractivity contribution in [3.8, 4) is 0 Å². The molecule has 1 aromatic heterocycles. The summed E-state index contributed by atoms with van der Waals surface area (Å²) in [5.41, 5.74) is 1.87. The van der Waals surface area contributed by atoms with Crippen LogP contribution in [0.3, 0.4) is 0 Å². The van der Waals surface area contributed by atoms with Crippen molar-refractivity contribution in [2.24, 2.45) is 0 Å². The highest BCUT2D eigenvalue weighted by molar-refractivity contribution is 5.27. The third kappa shape index (κ3) is 2.37. The van der Waals surface area contributed by atoms with Crippen molar-refractivity contribution in [2.75, 3.05) is 0 Å². The highest BCUT2D eigenvalue weighted by Crippen LogP contribution is 2.29. The van der Waals surface area contributed by atoms with Crippen LogP contribution in [0.5, 0.6) is 0 Å². The lowest BCUT2D eigenvalue weighted by molar-refractivity contribution is 0.126. The molecule has 1 unspecified atom stereocenters. The SMILES string of the molecule is OC1CCCCc2cn(CC(F)F)cc21. The lowest BCUT2D eigenvalue weighted by Crippen LogP contribution is -2.04. The maximum atomic E-state index is 12.2. The molecule has 2 nitrogen and oxygen atoms in total. The van der Waals surface area contributed by atoms with Gasteiger partial charge in [0.2, 0.25) is 0 Å². The fourth-order valence-electron chi connectivity index (χ4n) is 2.16. The van der Waals surface area contributed by atoms with E-state index in [1.807, 2.05) is 0 Å². The predicted molar refractivity (Wildman–Crippen MR) is 53.0 cm³/mol. The van der Waals surface area contributed by atoms with Crippen molar-refractivity contribution < 1.29 is 13.9 Å². The zero-order valence-corrected chi connectivity index (χ0v) is 8.50. The number of aryl methyl sites for hydroxylation is 1. The second-order valence-corrected chi connectivity index (χ2v) is 4.09. The van der Waals surface area contributed by atoms with Gasteiger partial charge in [0.15, 0.2) is 0 Å². The fourth-order valence-corrected chi connectivity index (χ4v) is 2.16. The molecule has 4 heteroatoms. The summed E-state index contributed by atoms with van der Waals surface area (Å²) in [6.07, 6.45) is 4.27. The predicted octanol–water partition coefficient (Wildman–Crippen LogP) is 2.51. The molecule has 0 saturated carbocycles. The van der Waals surface area contributed by atoms with Gasteiger partial charge in [-0.25, -0.2) is 8.78 Å². The molecule has 1 aliphatic carbocycles. The first-order valence-electron chi connectivity index (χ1n) is 5.31. The first kappa shape index (κ1) is 10.6. The number of aromatic nitrogens is 1. The molecule has 1 heterocycles. The summed E-state index contributed by atoms with van der Waals surface area (Å²) in [7, 11) is 0. The van der Waals surface area contributed by atoms with Crippen molar-refractivity contribution in [2.45, 2.75) is 44.8 Å². The molecule has 84 valence electrons. The first-order valence-corrected chi connectivity index (χ1v) is 5.31. The molecule has 0 amide bonds. The van der Waals surface area contributed by atoms with E-state index < -0.39 is 12.5 Å². The van der Waals surface area contributed by atoms with Gasteiger partial charge in [-0.2, -0.15) is 0 Å². The monoisotopic (exact) mass is 215 g/mol. The summed E-state index contributed by atoms with van der Waals surface area (Å²) >= 11 is 0. The van der Waals surface area contributed by atoms with Crippen LogP contribution in [0.4, 0.5) is 8.78 Å². The van der Waals surface area contributed by atoms with E-state index >= 15 is 0 Å². The van der Waals surface area contributed by atoms with Crippen LogP contribution in [0.1, 0.15) is 36.5 Å². The molecular formula is C11H15F2NO. The highest BCUT2D eigenvalue weighted by atomic mass is 19.3. The standard InChI is InChI=1S/C11H15F2NO/c12-11(13)7-14-5-8-3-1-2-4-10(15)9(8)6-14/h5-6,10-11,15H,1-4,7H2. The quantitative estimate of drug-likeness (QED) is 0.753. The molecule has 0 radical (unpaired) electrons. The molecule has 1 atom stereocenters. The van der Waals surface area contributed by atoms with E-state index in [4.69, 9.17) is 0 Å². The van der Waals surface area contributed by atoms with Crippen LogP contribution < -0.4 is 0 Å². The Labute approximate surface area is 87.5 Å². The Morgan fingerprint density at radius 1 is 1.40 bits per heavy atom. The van der Waals surface area contributed by atoms with E-state index in [9.17, 15) is 13.9 Å². The van der Waals surface area contributed by atoms with E-state index in [-0.39, 0.29) is 6.54 Å². The molecule has 0 saturated heterocycles. The number of rotatable bonds is 2. The smallest absolute Gasteiger partial charge is 0.256 e. The summed E-state index contributed by atoms with van der Waals surface area (Å²) in [5, 5.41) is 9.79. The Bertz CT molecular complexity index is 335. The Morgan fingerprint density at radius 3 is 2.93 bits per heavy atom. The molecule has 0 fully saturated rings. The van der Waals surface area contributed by atoms with Crippen LogP contribution in [0.25, 0.3) is 0 Å². The number of hydrogen-bond donors (Lipinski definition) is 1. The molecule has 0 bridgehead atoms. The molecule has 0 aliphatic heterocycles. The number of fused-ring (bicyclic) bond motifs is 1. The average Bonchev–Trinajstić information content (AvgIpc) is 2.47. The van der Waals surface area contributed by atoms with E-state index in [0.717, 1.165) is 36.8 Å². The van der Waals surface area contributed by atoms with E-state index in [2.05, 4.69) is 0 Å². The minimum atomic E-state index is -2.34. The Morgan fingerprint density at radius 2 is 2.20 bits per heavy atom. The van der Waals surface area contributed by atoms with Crippen molar-refractivity contribution in [3.05, 3.63) is 23.5 Å². The van der Waals surface area contributed by atoms with Crippen LogP contribution in [-0.4, -0.2) is 16.1 Å². The second-order valence-electron chi connectivity index (χ2n) is 4.09. The molecular weight excluding hydrogens is 200 g/mol. The zero-order valence-electron chi connectivity index (χ0n) is 8.50. The summed E-state index contributed by atoms with van der Waals surface area (Å²) in [5.74, 6) is 0. The van der Waals surface area contributed by atoms with Crippen LogP contribution in [-0.2, 0) is 13.0 Å². The lowest BCUT2D eigenvalue weighted by atomic mass is 10.1. The van der Waals surface area contributed by atoms with Crippen LogP contribution >= 0.6 is 0 Å². The normalized spacial score (nSPS) is 21.5. The van der Waals surface area contributed by atoms with Crippen LogP contribution in [0, 0.1) is 0 Å². The van der Waals surface area contributed by atoms with Crippen molar-refractivity contribution in [3.63, 3.8) is 0 Å². The number of nitrogens with zero attached hydrogens (tertiary/aromatic N) is 1. The molecule has 0 aromatic carbocycles. The van der Waals surface area contributed by atoms with E-state index in [1.54, 1.807) is 12.4 Å². The molecule has 1 N–H and O–H groups in total. The minimum Gasteiger partial charge on any atom is -0.388 e. The molecule has 1 aromatic rings. The zero-order chi connectivity index (χ0) is 10.8. The summed E-state index contributed by atoms with van der Waals surface area (Å²) in [4.78, 5) is 0. The summed E-state index contributed by atoms with van der Waals surface area (Å²) in [6, 6.07) is 0. The van der Waals surface area contributed by atoms with Gasteiger partial charge in [-0.05, 0) is 24.8 Å². The molecule has 2 rings (SSSR count). The Balaban J connectivity index is 2.21. The third-order valence-corrected chi connectivity index (χ3v) is 2.88. The van der Waals surface area contributed by atoms with Gasteiger partial charge in [0.25, 0.3) is 6.43 Å². The number of halogens is 2. The van der Waals surface area contributed by atoms with Gasteiger partial charge in [-0.15, -0.1) is 0 Å². The third-order valence-electron chi connectivity index (χ3n) is 2.88. The summed E-state index contributed by atoms with van der Waals surface area (Å²) < 4.78 is 25.8. The van der Waals surface area contributed by atoms with Crippen molar-refractivity contribution in [1.82, 2.24) is 4.57 Å². The number of alkyl halides is 2. The van der Waals surface area contributed by atoms with Crippen molar-refractivity contribution in [1.29, 1.82) is 0 Å². The molecule has 1 aliphatic rings. The first-order chi connectivity index (χ1) is 7.16. The number of hydrogen-bond acceptors (Lipinski definition) is 1. The maximum absolute atomic E-state index is 12.2. The minimum absolute atomic E-state index is 0.278. The molecule has 0 spiro atoms. The lowest BCUT2D eigenvalue weighted by Gasteiger charge is -2.06. The topological polar surface area (TPSA) is 25.2 Å². The van der Waals surface area contributed by atoms with Gasteiger partial charge in [0, 0.05) is 18.0 Å². The van der Waals surface area contributed by atoms with Gasteiger partial charge in [-0.3, -0.25) is 0 Å². The van der Waals surface area contributed by atoms with Gasteiger partial charge in [0.1, 0.15) is 0 Å². The summed E-state index contributed by atoms with van der Waals surface area (Å²) in [6.45, 7) is -0.278. The Hall–Kier alpha value is -0.900. The second kappa shape index (κ2) is 4.31. The van der Waals surface area contributed by atoms with Crippen LogP contribution in [0.2, 0.25) is 0 Å². The highest BCUT2D eigenvalue weighted by Gasteiger charge is 2.19. The van der Waals surface area contributed by atoms with Crippen molar-refractivity contribution >= 4 is 0 Å². The average molecular weight is 215 g/mol.